The van der Waals surface area contributed by atoms with Gasteiger partial charge < -0.3 is 10.1 Å². The summed E-state index contributed by atoms with van der Waals surface area (Å²) in [4.78, 5) is 0. The summed E-state index contributed by atoms with van der Waals surface area (Å²) in [7, 11) is 0. The van der Waals surface area contributed by atoms with E-state index in [1.54, 1.807) is 12.1 Å². The first-order valence-corrected chi connectivity index (χ1v) is 7.12. The summed E-state index contributed by atoms with van der Waals surface area (Å²) in [6, 6.07) is 7.53. The molecule has 0 aromatic heterocycles. The quantitative estimate of drug-likeness (QED) is 0.929. The van der Waals surface area contributed by atoms with E-state index in [-0.39, 0.29) is 0 Å². The molecule has 96 valence electrons. The van der Waals surface area contributed by atoms with Crippen molar-refractivity contribution >= 4 is 15.9 Å². The zero-order valence-electron chi connectivity index (χ0n) is 10.3. The summed E-state index contributed by atoms with van der Waals surface area (Å²) in [6.07, 6.45) is 3.65. The highest BCUT2D eigenvalue weighted by Crippen LogP contribution is 2.26. The van der Waals surface area contributed by atoms with E-state index >= 15 is 0 Å². The Morgan fingerprint density at radius 2 is 2.39 bits per heavy atom. The summed E-state index contributed by atoms with van der Waals surface area (Å²) >= 11 is 3.43. The van der Waals surface area contributed by atoms with Gasteiger partial charge in [-0.3, -0.25) is 0 Å². The van der Waals surface area contributed by atoms with Gasteiger partial charge in [0.2, 0.25) is 0 Å². The van der Waals surface area contributed by atoms with Crippen molar-refractivity contribution in [3.8, 4) is 11.8 Å². The number of benzene rings is 1. The number of halogens is 1. The van der Waals surface area contributed by atoms with E-state index in [1.807, 2.05) is 6.07 Å². The zero-order chi connectivity index (χ0) is 12.8. The Labute approximate surface area is 116 Å². The molecule has 0 radical (unpaired) electrons. The van der Waals surface area contributed by atoms with Crippen LogP contribution in [-0.4, -0.2) is 19.7 Å². The summed E-state index contributed by atoms with van der Waals surface area (Å²) in [5.74, 6) is 1.55. The predicted octanol–water partition coefficient (Wildman–Crippen LogP) is 3.09. The number of piperidine rings is 1. The Balaban J connectivity index is 1.81. The van der Waals surface area contributed by atoms with Crippen molar-refractivity contribution in [2.75, 3.05) is 19.7 Å². The molecule has 1 fully saturated rings. The maximum absolute atomic E-state index is 8.78. The molecule has 1 aromatic carbocycles. The van der Waals surface area contributed by atoms with Crippen LogP contribution in [0.3, 0.4) is 0 Å². The van der Waals surface area contributed by atoms with Gasteiger partial charge in [0.25, 0.3) is 0 Å². The van der Waals surface area contributed by atoms with Gasteiger partial charge in [-0.1, -0.05) is 0 Å². The number of nitrogens with one attached hydrogen (secondary N) is 1. The molecule has 1 saturated heterocycles. The van der Waals surface area contributed by atoms with Gasteiger partial charge in [-0.15, -0.1) is 0 Å². The van der Waals surface area contributed by atoms with Crippen molar-refractivity contribution < 1.29 is 4.74 Å². The minimum absolute atomic E-state index is 0.644. The third kappa shape index (κ3) is 3.72. The van der Waals surface area contributed by atoms with E-state index in [1.165, 1.54) is 12.8 Å². The Morgan fingerprint density at radius 3 is 3.06 bits per heavy atom. The van der Waals surface area contributed by atoms with Gasteiger partial charge in [0, 0.05) is 0 Å². The highest BCUT2D eigenvalue weighted by molar-refractivity contribution is 9.10. The fourth-order valence-electron chi connectivity index (χ4n) is 2.19. The van der Waals surface area contributed by atoms with Crippen molar-refractivity contribution in [2.45, 2.75) is 19.3 Å². The van der Waals surface area contributed by atoms with Crippen LogP contribution in [-0.2, 0) is 0 Å². The highest BCUT2D eigenvalue weighted by Gasteiger charge is 2.13. The lowest BCUT2D eigenvalue weighted by Gasteiger charge is -2.22. The average molecular weight is 309 g/mol. The SMILES string of the molecule is N#Cc1ccc(OCCC2CCCNC2)c(Br)c1. The minimum atomic E-state index is 0.644. The first-order valence-electron chi connectivity index (χ1n) is 6.33. The van der Waals surface area contributed by atoms with E-state index in [9.17, 15) is 0 Å². The Hall–Kier alpha value is -1.05. The van der Waals surface area contributed by atoms with Crippen LogP contribution in [0.1, 0.15) is 24.8 Å². The molecule has 1 unspecified atom stereocenters. The summed E-state index contributed by atoms with van der Waals surface area (Å²) in [5, 5.41) is 12.2. The normalized spacial score (nSPS) is 19.2. The van der Waals surface area contributed by atoms with Crippen LogP contribution in [0, 0.1) is 17.2 Å². The summed E-state index contributed by atoms with van der Waals surface area (Å²) in [6.45, 7) is 2.99. The molecule has 4 heteroatoms. The monoisotopic (exact) mass is 308 g/mol. The van der Waals surface area contributed by atoms with Crippen LogP contribution in [0.15, 0.2) is 22.7 Å². The lowest BCUT2D eigenvalue weighted by Crippen LogP contribution is -2.30. The number of ether oxygens (including phenoxy) is 1. The zero-order valence-corrected chi connectivity index (χ0v) is 11.9. The largest absolute Gasteiger partial charge is 0.492 e. The first kappa shape index (κ1) is 13.4. The molecule has 0 aliphatic carbocycles. The van der Waals surface area contributed by atoms with E-state index in [0.717, 1.165) is 42.3 Å². The van der Waals surface area contributed by atoms with Crippen LogP contribution in [0.5, 0.6) is 5.75 Å². The third-order valence-electron chi connectivity index (χ3n) is 3.24. The predicted molar refractivity (Wildman–Crippen MR) is 74.6 cm³/mol. The Bertz CT molecular complexity index is 436. The van der Waals surface area contributed by atoms with Crippen molar-refractivity contribution in [1.29, 1.82) is 5.26 Å². The smallest absolute Gasteiger partial charge is 0.133 e. The molecule has 0 spiro atoms. The maximum Gasteiger partial charge on any atom is 0.133 e. The summed E-state index contributed by atoms with van der Waals surface area (Å²) in [5.41, 5.74) is 0.644. The second-order valence-corrected chi connectivity index (χ2v) is 5.46. The van der Waals surface area contributed by atoms with Crippen LogP contribution >= 0.6 is 15.9 Å². The molecular formula is C14H17BrN2O. The molecule has 1 N–H and O–H groups in total. The summed E-state index contributed by atoms with van der Waals surface area (Å²) < 4.78 is 6.61. The van der Waals surface area contributed by atoms with Gasteiger partial charge in [0.1, 0.15) is 5.75 Å². The van der Waals surface area contributed by atoms with E-state index in [0.29, 0.717) is 5.56 Å². The molecule has 0 saturated carbocycles. The van der Waals surface area contributed by atoms with Crippen molar-refractivity contribution in [3.63, 3.8) is 0 Å². The lowest BCUT2D eigenvalue weighted by molar-refractivity contribution is 0.253. The molecule has 1 aliphatic heterocycles. The second-order valence-electron chi connectivity index (χ2n) is 4.61. The molecule has 1 atom stereocenters. The number of rotatable bonds is 4. The van der Waals surface area contributed by atoms with Crippen molar-refractivity contribution in [2.24, 2.45) is 5.92 Å². The number of hydrogen-bond donors (Lipinski definition) is 1. The second kappa shape index (κ2) is 6.77. The minimum Gasteiger partial charge on any atom is -0.492 e. The van der Waals surface area contributed by atoms with E-state index in [4.69, 9.17) is 10.00 Å². The van der Waals surface area contributed by atoms with Gasteiger partial charge in [-0.25, -0.2) is 0 Å². The first-order chi connectivity index (χ1) is 8.79. The van der Waals surface area contributed by atoms with Crippen LogP contribution < -0.4 is 10.1 Å². The average Bonchev–Trinajstić information content (AvgIpc) is 2.42. The fraction of sp³-hybridized carbons (Fsp3) is 0.500. The van der Waals surface area contributed by atoms with Gasteiger partial charge in [-0.05, 0) is 72.4 Å². The molecule has 2 rings (SSSR count). The van der Waals surface area contributed by atoms with E-state index in [2.05, 4.69) is 27.3 Å². The molecule has 3 nitrogen and oxygen atoms in total. The van der Waals surface area contributed by atoms with Gasteiger partial charge >= 0.3 is 0 Å². The Morgan fingerprint density at radius 1 is 1.50 bits per heavy atom. The number of nitriles is 1. The van der Waals surface area contributed by atoms with Gasteiger partial charge in [-0.2, -0.15) is 5.26 Å². The van der Waals surface area contributed by atoms with E-state index < -0.39 is 0 Å². The molecular weight excluding hydrogens is 292 g/mol. The van der Waals surface area contributed by atoms with Crippen molar-refractivity contribution in [3.05, 3.63) is 28.2 Å². The molecule has 1 aromatic rings. The third-order valence-corrected chi connectivity index (χ3v) is 3.86. The van der Waals surface area contributed by atoms with Crippen molar-refractivity contribution in [1.82, 2.24) is 5.32 Å². The standard InChI is InChI=1S/C14H17BrN2O/c15-13-8-12(9-16)3-4-14(13)18-7-5-11-2-1-6-17-10-11/h3-4,8,11,17H,1-2,5-7,10H2. The van der Waals surface area contributed by atoms with Crippen LogP contribution in [0.25, 0.3) is 0 Å². The maximum atomic E-state index is 8.78. The lowest BCUT2D eigenvalue weighted by atomic mass is 9.97. The molecule has 0 bridgehead atoms. The Kier molecular flexibility index (Phi) is 5.03. The topological polar surface area (TPSA) is 45.0 Å². The molecule has 18 heavy (non-hydrogen) atoms. The van der Waals surface area contributed by atoms with Gasteiger partial charge in [0.15, 0.2) is 0 Å². The van der Waals surface area contributed by atoms with Gasteiger partial charge in [0.05, 0.1) is 22.7 Å². The fourth-order valence-corrected chi connectivity index (χ4v) is 2.69. The molecule has 0 amide bonds. The molecule has 1 heterocycles. The van der Waals surface area contributed by atoms with Crippen LogP contribution in [0.4, 0.5) is 0 Å². The number of hydrogen-bond acceptors (Lipinski definition) is 3. The highest BCUT2D eigenvalue weighted by atomic mass is 79.9. The molecule has 1 aliphatic rings. The van der Waals surface area contributed by atoms with Crippen LogP contribution in [0.2, 0.25) is 0 Å². The number of nitrogens with zero attached hydrogens (tertiary/aromatic N) is 1.